The van der Waals surface area contributed by atoms with Crippen LogP contribution in [0.25, 0.3) is 0 Å². The van der Waals surface area contributed by atoms with Crippen molar-refractivity contribution in [1.82, 2.24) is 9.79 Å². The minimum Gasteiger partial charge on any atom is -0.383 e. The number of benzene rings is 1. The third-order valence-electron chi connectivity index (χ3n) is 7.80. The van der Waals surface area contributed by atoms with Gasteiger partial charge < -0.3 is 4.81 Å². The van der Waals surface area contributed by atoms with E-state index < -0.39 is 0 Å². The maximum atomic E-state index is 5.68. The van der Waals surface area contributed by atoms with Crippen molar-refractivity contribution in [3.8, 4) is 0 Å². The molecule has 0 N–H and O–H groups in total. The first-order valence-electron chi connectivity index (χ1n) is 14.4. The van der Waals surface area contributed by atoms with Crippen molar-refractivity contribution in [2.75, 3.05) is 4.90 Å². The molecule has 0 saturated heterocycles. The summed E-state index contributed by atoms with van der Waals surface area (Å²) in [6, 6.07) is 18.1. The molecule has 4 nitrogen and oxygen atoms in total. The van der Waals surface area contributed by atoms with Crippen molar-refractivity contribution in [3.63, 3.8) is 0 Å². The summed E-state index contributed by atoms with van der Waals surface area (Å²) in [7, 11) is 0. The van der Waals surface area contributed by atoms with Gasteiger partial charge in [-0.25, -0.2) is 9.98 Å². The van der Waals surface area contributed by atoms with Crippen molar-refractivity contribution in [2.45, 2.75) is 116 Å². The largest absolute Gasteiger partial charge is 0.383 e. The SMILES string of the molecule is CCCB(CCC)N(C(=NC1CCCCC1)N(c1ccccc1)c1ccccn1)C1CCCCC1. The number of para-hydroxylation sites is 1. The minimum atomic E-state index is 0.406. The molecular formula is C30H45BN4. The number of aromatic nitrogens is 1. The van der Waals surface area contributed by atoms with Crippen molar-refractivity contribution in [3.05, 3.63) is 54.7 Å². The lowest BCUT2D eigenvalue weighted by Crippen LogP contribution is -2.56. The van der Waals surface area contributed by atoms with Gasteiger partial charge in [-0.2, -0.15) is 0 Å². The molecule has 5 heteroatoms. The van der Waals surface area contributed by atoms with E-state index in [-0.39, 0.29) is 0 Å². The molecule has 1 aromatic heterocycles. The van der Waals surface area contributed by atoms with E-state index >= 15 is 0 Å². The molecule has 4 rings (SSSR count). The monoisotopic (exact) mass is 472 g/mol. The van der Waals surface area contributed by atoms with E-state index in [1.807, 2.05) is 12.3 Å². The standard InChI is InChI=1S/C30H45BN4/c1-3-23-31(24-4-2)35(28-20-12-7-13-21-28)30(33-26-16-8-5-9-17-26)34(27-18-10-6-11-19-27)29-22-14-15-25-32-29/h6,10-11,14-15,18-19,22,25-26,28H,3-5,7-9,12-13,16-17,20-21,23-24H2,1-2H3. The Bertz CT molecular complexity index is 830. The zero-order chi connectivity index (χ0) is 24.3. The highest BCUT2D eigenvalue weighted by atomic mass is 15.4. The van der Waals surface area contributed by atoms with E-state index in [4.69, 9.17) is 9.98 Å². The third kappa shape index (κ3) is 6.89. The fraction of sp³-hybridized carbons (Fsp3) is 0.600. The van der Waals surface area contributed by atoms with E-state index in [9.17, 15) is 0 Å². The molecule has 35 heavy (non-hydrogen) atoms. The number of hydrogen-bond acceptors (Lipinski definition) is 2. The smallest absolute Gasteiger partial charge is 0.258 e. The first-order valence-corrected chi connectivity index (χ1v) is 14.4. The van der Waals surface area contributed by atoms with Gasteiger partial charge in [0.05, 0.1) is 11.7 Å². The van der Waals surface area contributed by atoms with Crippen LogP contribution in [0.3, 0.4) is 0 Å². The summed E-state index contributed by atoms with van der Waals surface area (Å²) in [6.07, 6.45) is 19.7. The topological polar surface area (TPSA) is 31.7 Å². The van der Waals surface area contributed by atoms with Gasteiger partial charge in [0.2, 0.25) is 0 Å². The predicted molar refractivity (Wildman–Crippen MR) is 152 cm³/mol. The van der Waals surface area contributed by atoms with Crippen molar-refractivity contribution >= 4 is 24.3 Å². The van der Waals surface area contributed by atoms with Gasteiger partial charge in [0, 0.05) is 12.2 Å². The summed E-state index contributed by atoms with van der Waals surface area (Å²) in [5.74, 6) is 2.13. The Balaban J connectivity index is 1.87. The van der Waals surface area contributed by atoms with Gasteiger partial charge in [0.1, 0.15) is 5.82 Å². The predicted octanol–water partition coefficient (Wildman–Crippen LogP) is 8.35. The molecule has 2 fully saturated rings. The second-order valence-corrected chi connectivity index (χ2v) is 10.5. The van der Waals surface area contributed by atoms with Crippen LogP contribution in [0.1, 0.15) is 90.9 Å². The quantitative estimate of drug-likeness (QED) is 0.209. The molecule has 0 bridgehead atoms. The van der Waals surface area contributed by atoms with Crippen LogP contribution in [-0.2, 0) is 0 Å². The second kappa shape index (κ2) is 13.7. The van der Waals surface area contributed by atoms with Crippen LogP contribution >= 0.6 is 0 Å². The fourth-order valence-corrected chi connectivity index (χ4v) is 6.10. The van der Waals surface area contributed by atoms with Crippen LogP contribution in [0, 0.1) is 0 Å². The van der Waals surface area contributed by atoms with Gasteiger partial charge in [-0.15, -0.1) is 0 Å². The third-order valence-corrected chi connectivity index (χ3v) is 7.80. The number of guanidine groups is 1. The number of anilines is 2. The number of hydrogen-bond donors (Lipinski definition) is 0. The van der Waals surface area contributed by atoms with Gasteiger partial charge in [0.15, 0.2) is 5.96 Å². The first-order chi connectivity index (χ1) is 17.3. The summed E-state index contributed by atoms with van der Waals surface area (Å²) in [5, 5.41) is 0. The van der Waals surface area contributed by atoms with E-state index in [0.29, 0.717) is 18.9 Å². The number of rotatable bonds is 9. The Morgan fingerprint density at radius 2 is 1.46 bits per heavy atom. The second-order valence-electron chi connectivity index (χ2n) is 10.5. The molecule has 0 unspecified atom stereocenters. The first kappa shape index (κ1) is 25.8. The highest BCUT2D eigenvalue weighted by Gasteiger charge is 2.36. The van der Waals surface area contributed by atoms with Crippen molar-refractivity contribution in [1.29, 1.82) is 0 Å². The molecule has 188 valence electrons. The molecule has 1 heterocycles. The molecule has 1 aromatic carbocycles. The summed E-state index contributed by atoms with van der Waals surface area (Å²) in [5.41, 5.74) is 1.16. The Morgan fingerprint density at radius 1 is 0.829 bits per heavy atom. The summed E-state index contributed by atoms with van der Waals surface area (Å²) >= 11 is 0. The average Bonchev–Trinajstić information content (AvgIpc) is 2.92. The molecule has 0 aliphatic heterocycles. The van der Waals surface area contributed by atoms with E-state index in [1.54, 1.807) is 0 Å². The zero-order valence-corrected chi connectivity index (χ0v) is 22.1. The van der Waals surface area contributed by atoms with Crippen LogP contribution in [0.2, 0.25) is 12.6 Å². The van der Waals surface area contributed by atoms with Crippen molar-refractivity contribution < 1.29 is 0 Å². The molecule has 0 atom stereocenters. The highest BCUT2D eigenvalue weighted by Crippen LogP contribution is 2.33. The molecule has 2 aliphatic rings. The van der Waals surface area contributed by atoms with Crippen LogP contribution < -0.4 is 4.90 Å². The van der Waals surface area contributed by atoms with Gasteiger partial charge in [-0.3, -0.25) is 4.90 Å². The lowest BCUT2D eigenvalue weighted by atomic mass is 9.52. The number of aliphatic imine (C=N–C) groups is 1. The van der Waals surface area contributed by atoms with E-state index in [1.165, 1.54) is 89.7 Å². The Kier molecular flexibility index (Phi) is 10.1. The maximum Gasteiger partial charge on any atom is 0.258 e. The molecule has 2 aliphatic carbocycles. The lowest BCUT2D eigenvalue weighted by molar-refractivity contribution is 0.319. The summed E-state index contributed by atoms with van der Waals surface area (Å²) in [4.78, 5) is 15.7. The van der Waals surface area contributed by atoms with Crippen LogP contribution in [0.5, 0.6) is 0 Å². The lowest BCUT2D eigenvalue weighted by Gasteiger charge is -2.45. The molecule has 0 radical (unpaired) electrons. The molecule has 0 spiro atoms. The van der Waals surface area contributed by atoms with Gasteiger partial charge in [0.25, 0.3) is 6.85 Å². The Labute approximate surface area is 214 Å². The molecular weight excluding hydrogens is 427 g/mol. The van der Waals surface area contributed by atoms with Gasteiger partial charge in [-0.1, -0.05) is 102 Å². The maximum absolute atomic E-state index is 5.68. The van der Waals surface area contributed by atoms with Crippen LogP contribution in [-0.4, -0.2) is 34.7 Å². The van der Waals surface area contributed by atoms with Crippen LogP contribution in [0.4, 0.5) is 11.5 Å². The molecule has 2 saturated carbocycles. The molecule has 0 amide bonds. The van der Waals surface area contributed by atoms with Crippen LogP contribution in [0.15, 0.2) is 59.7 Å². The molecule has 2 aromatic rings. The normalized spacial score (nSPS) is 17.8. The van der Waals surface area contributed by atoms with Gasteiger partial charge >= 0.3 is 0 Å². The number of nitrogens with zero attached hydrogens (tertiary/aromatic N) is 4. The van der Waals surface area contributed by atoms with Crippen molar-refractivity contribution in [2.24, 2.45) is 4.99 Å². The number of pyridine rings is 1. The Morgan fingerprint density at radius 3 is 2.06 bits per heavy atom. The van der Waals surface area contributed by atoms with E-state index in [0.717, 1.165) is 17.5 Å². The van der Waals surface area contributed by atoms with E-state index in [2.05, 4.69) is 66.0 Å². The fourth-order valence-electron chi connectivity index (χ4n) is 6.10. The minimum absolute atomic E-state index is 0.406. The average molecular weight is 473 g/mol. The summed E-state index contributed by atoms with van der Waals surface area (Å²) < 4.78 is 0. The highest BCUT2D eigenvalue weighted by molar-refractivity contribution is 6.59. The van der Waals surface area contributed by atoms with Gasteiger partial charge in [-0.05, 0) is 49.9 Å². The summed E-state index contributed by atoms with van der Waals surface area (Å²) in [6.45, 7) is 5.20. The Hall–Kier alpha value is -2.30. The zero-order valence-electron chi connectivity index (χ0n) is 22.1.